The number of anilines is 2. The van der Waals surface area contributed by atoms with Crippen molar-refractivity contribution in [1.29, 1.82) is 0 Å². The highest BCUT2D eigenvalue weighted by atomic mass is 35.5. The second kappa shape index (κ2) is 12.4. The van der Waals surface area contributed by atoms with Gasteiger partial charge in [0.05, 0.1) is 0 Å². The van der Waals surface area contributed by atoms with E-state index in [2.05, 4.69) is 50.4 Å². The first kappa shape index (κ1) is 26.2. The molecule has 6 nitrogen and oxygen atoms in total. The molecule has 1 aliphatic rings. The average molecular weight is 544 g/mol. The lowest BCUT2D eigenvalue weighted by Gasteiger charge is -2.35. The summed E-state index contributed by atoms with van der Waals surface area (Å²) in [6.45, 7) is 6.73. The van der Waals surface area contributed by atoms with Gasteiger partial charge in [-0.1, -0.05) is 83.5 Å². The summed E-state index contributed by atoms with van der Waals surface area (Å²) in [6.07, 6.45) is 0. The fourth-order valence-electron chi connectivity index (χ4n) is 4.33. The number of nitrogens with zero attached hydrogens (tertiary/aromatic N) is 4. The molecule has 0 unspecified atom stereocenters. The van der Waals surface area contributed by atoms with Crippen LogP contribution in [0.2, 0.25) is 5.15 Å². The molecule has 1 aromatic heterocycles. The Morgan fingerprint density at radius 1 is 0.895 bits per heavy atom. The van der Waals surface area contributed by atoms with Crippen molar-refractivity contribution in [2.75, 3.05) is 36.4 Å². The molecule has 194 valence electrons. The standard InChI is InChI=1S/C30H30ClN5OS/c1-22-7-13-26(14-8-22)32-29(37)25-11-9-24(10-12-25)21-38-30-33-27(31)19-28(34-30)36-17-15-35(16-18-36)20-23-5-3-2-4-6-23/h2-14,19H,15-18,20-21H2,1H3,(H,32,37). The predicted octanol–water partition coefficient (Wildman–Crippen LogP) is 6.31. The fourth-order valence-corrected chi connectivity index (χ4v) is 5.37. The maximum Gasteiger partial charge on any atom is 0.255 e. The number of thioether (sulfide) groups is 1. The highest BCUT2D eigenvalue weighted by molar-refractivity contribution is 7.98. The highest BCUT2D eigenvalue weighted by Crippen LogP contribution is 2.26. The van der Waals surface area contributed by atoms with Crippen LogP contribution in [0, 0.1) is 6.92 Å². The van der Waals surface area contributed by atoms with Gasteiger partial charge in [-0.3, -0.25) is 9.69 Å². The van der Waals surface area contributed by atoms with Crippen LogP contribution in [0.3, 0.4) is 0 Å². The van der Waals surface area contributed by atoms with Crippen molar-refractivity contribution in [2.24, 2.45) is 0 Å². The van der Waals surface area contributed by atoms with Crippen LogP contribution in [-0.4, -0.2) is 47.0 Å². The van der Waals surface area contributed by atoms with Crippen LogP contribution in [0.5, 0.6) is 0 Å². The summed E-state index contributed by atoms with van der Waals surface area (Å²) in [6, 6.07) is 27.8. The van der Waals surface area contributed by atoms with Crippen molar-refractivity contribution in [3.8, 4) is 0 Å². The molecule has 5 rings (SSSR count). The maximum absolute atomic E-state index is 12.6. The van der Waals surface area contributed by atoms with E-state index in [1.54, 1.807) is 11.8 Å². The Morgan fingerprint density at radius 3 is 2.32 bits per heavy atom. The van der Waals surface area contributed by atoms with E-state index in [1.807, 2.05) is 61.5 Å². The molecule has 2 heterocycles. The summed E-state index contributed by atoms with van der Waals surface area (Å²) in [5, 5.41) is 4.04. The third-order valence-corrected chi connectivity index (χ3v) is 7.61. The number of aryl methyl sites for hydroxylation is 1. The normalized spacial score (nSPS) is 13.9. The number of benzene rings is 3. The van der Waals surface area contributed by atoms with Crippen LogP contribution in [0.25, 0.3) is 0 Å². The minimum absolute atomic E-state index is 0.125. The third kappa shape index (κ3) is 7.13. The van der Waals surface area contributed by atoms with Gasteiger partial charge in [0, 0.05) is 55.8 Å². The van der Waals surface area contributed by atoms with Crippen molar-refractivity contribution in [2.45, 2.75) is 24.4 Å². The summed E-state index contributed by atoms with van der Waals surface area (Å²) >= 11 is 7.91. The first-order chi connectivity index (χ1) is 18.5. The lowest BCUT2D eigenvalue weighted by molar-refractivity contribution is 0.102. The molecule has 0 aliphatic carbocycles. The van der Waals surface area contributed by atoms with Crippen LogP contribution in [0.1, 0.15) is 27.0 Å². The molecule has 1 fully saturated rings. The van der Waals surface area contributed by atoms with Gasteiger partial charge in [-0.25, -0.2) is 9.97 Å². The summed E-state index contributed by atoms with van der Waals surface area (Å²) in [4.78, 5) is 26.5. The Balaban J connectivity index is 1.14. The molecular weight excluding hydrogens is 514 g/mol. The monoisotopic (exact) mass is 543 g/mol. The largest absolute Gasteiger partial charge is 0.354 e. The smallest absolute Gasteiger partial charge is 0.255 e. The number of hydrogen-bond donors (Lipinski definition) is 1. The van der Waals surface area contributed by atoms with Crippen molar-refractivity contribution in [1.82, 2.24) is 14.9 Å². The summed E-state index contributed by atoms with van der Waals surface area (Å²) in [7, 11) is 0. The van der Waals surface area contributed by atoms with Gasteiger partial charge in [0.2, 0.25) is 0 Å². The molecule has 0 radical (unpaired) electrons. The number of hydrogen-bond acceptors (Lipinski definition) is 6. The number of rotatable bonds is 8. The van der Waals surface area contributed by atoms with E-state index in [9.17, 15) is 4.79 Å². The van der Waals surface area contributed by atoms with E-state index in [0.717, 1.165) is 55.4 Å². The van der Waals surface area contributed by atoms with Crippen LogP contribution in [-0.2, 0) is 12.3 Å². The van der Waals surface area contributed by atoms with E-state index < -0.39 is 0 Å². The Bertz CT molecular complexity index is 1360. The number of piperazine rings is 1. The van der Waals surface area contributed by atoms with Crippen molar-refractivity contribution in [3.63, 3.8) is 0 Å². The van der Waals surface area contributed by atoms with Crippen LogP contribution >= 0.6 is 23.4 Å². The fraction of sp³-hybridized carbons (Fsp3) is 0.233. The van der Waals surface area contributed by atoms with Gasteiger partial charge >= 0.3 is 0 Å². The molecule has 1 aliphatic heterocycles. The minimum atomic E-state index is -0.125. The third-order valence-electron chi connectivity index (χ3n) is 6.50. The van der Waals surface area contributed by atoms with E-state index >= 15 is 0 Å². The molecule has 3 aromatic carbocycles. The van der Waals surface area contributed by atoms with Gasteiger partial charge in [-0.2, -0.15) is 0 Å². The molecule has 38 heavy (non-hydrogen) atoms. The van der Waals surface area contributed by atoms with Gasteiger partial charge in [0.1, 0.15) is 11.0 Å². The molecular formula is C30H30ClN5OS. The number of aromatic nitrogens is 2. The highest BCUT2D eigenvalue weighted by Gasteiger charge is 2.19. The van der Waals surface area contributed by atoms with Crippen LogP contribution in [0.4, 0.5) is 11.5 Å². The summed E-state index contributed by atoms with van der Waals surface area (Å²) < 4.78 is 0. The molecule has 1 saturated heterocycles. The second-order valence-electron chi connectivity index (χ2n) is 9.39. The minimum Gasteiger partial charge on any atom is -0.354 e. The van der Waals surface area contributed by atoms with Crippen LogP contribution in [0.15, 0.2) is 90.1 Å². The second-order valence-corrected chi connectivity index (χ2v) is 10.7. The quantitative estimate of drug-likeness (QED) is 0.160. The van der Waals surface area contributed by atoms with Gasteiger partial charge in [-0.15, -0.1) is 0 Å². The van der Waals surface area contributed by atoms with Crippen molar-refractivity contribution in [3.05, 3.63) is 112 Å². The SMILES string of the molecule is Cc1ccc(NC(=O)c2ccc(CSc3nc(Cl)cc(N4CCN(Cc5ccccc5)CC4)n3)cc2)cc1. The molecule has 0 bridgehead atoms. The number of nitrogens with one attached hydrogen (secondary N) is 1. The topological polar surface area (TPSA) is 61.4 Å². The summed E-state index contributed by atoms with van der Waals surface area (Å²) in [5.41, 5.74) is 4.98. The van der Waals surface area contributed by atoms with Gasteiger partial charge in [0.15, 0.2) is 5.16 Å². The first-order valence-corrected chi connectivity index (χ1v) is 14.0. The number of halogens is 1. The number of amides is 1. The first-order valence-electron chi connectivity index (χ1n) is 12.7. The Hall–Kier alpha value is -3.39. The lowest BCUT2D eigenvalue weighted by atomic mass is 10.1. The van der Waals surface area contributed by atoms with Crippen molar-refractivity contribution >= 4 is 40.8 Å². The zero-order valence-electron chi connectivity index (χ0n) is 21.3. The predicted molar refractivity (Wildman–Crippen MR) is 156 cm³/mol. The van der Waals surface area contributed by atoms with Gasteiger partial charge in [0.25, 0.3) is 5.91 Å². The zero-order valence-corrected chi connectivity index (χ0v) is 22.9. The molecule has 8 heteroatoms. The maximum atomic E-state index is 12.6. The van der Waals surface area contributed by atoms with E-state index in [1.165, 1.54) is 5.56 Å². The summed E-state index contributed by atoms with van der Waals surface area (Å²) in [5.74, 6) is 1.43. The average Bonchev–Trinajstić information content (AvgIpc) is 2.94. The molecule has 4 aromatic rings. The Labute approximate surface area is 233 Å². The lowest BCUT2D eigenvalue weighted by Crippen LogP contribution is -2.46. The molecule has 1 N–H and O–H groups in total. The number of carbonyl (C=O) groups is 1. The van der Waals surface area contributed by atoms with Crippen molar-refractivity contribution < 1.29 is 4.79 Å². The van der Waals surface area contributed by atoms with E-state index in [4.69, 9.17) is 16.6 Å². The molecule has 0 atom stereocenters. The molecule has 0 saturated carbocycles. The molecule has 0 spiro atoms. The zero-order chi connectivity index (χ0) is 26.3. The molecule has 1 amide bonds. The van der Waals surface area contributed by atoms with Gasteiger partial charge < -0.3 is 10.2 Å². The van der Waals surface area contributed by atoms with E-state index in [0.29, 0.717) is 21.6 Å². The van der Waals surface area contributed by atoms with Gasteiger partial charge in [-0.05, 0) is 42.3 Å². The Morgan fingerprint density at radius 2 is 1.61 bits per heavy atom. The van der Waals surface area contributed by atoms with Crippen LogP contribution < -0.4 is 10.2 Å². The van der Waals surface area contributed by atoms with E-state index in [-0.39, 0.29) is 5.91 Å². The Kier molecular flexibility index (Phi) is 8.58. The number of carbonyl (C=O) groups excluding carboxylic acids is 1.